The van der Waals surface area contributed by atoms with Crippen LogP contribution in [0, 0.1) is 5.92 Å². The fraction of sp³-hybridized carbons (Fsp3) is 0.345. The highest BCUT2D eigenvalue weighted by molar-refractivity contribution is 5.79. The molecule has 0 N–H and O–H groups in total. The Bertz CT molecular complexity index is 1100. The molecular weight excluding hydrogens is 410 g/mol. The van der Waals surface area contributed by atoms with Crippen LogP contribution in [0.3, 0.4) is 0 Å². The van der Waals surface area contributed by atoms with Gasteiger partial charge in [0, 0.05) is 36.3 Å². The molecular formula is C29H30NO3+. The predicted octanol–water partition coefficient (Wildman–Crippen LogP) is 5.76. The van der Waals surface area contributed by atoms with Crippen LogP contribution in [0.15, 0.2) is 78.9 Å². The molecule has 3 aliphatic heterocycles. The smallest absolute Gasteiger partial charge is 0.425 e. The number of rotatable bonds is 5. The van der Waals surface area contributed by atoms with E-state index in [-0.39, 0.29) is 6.10 Å². The molecule has 3 heterocycles. The maximum absolute atomic E-state index is 13.0. The Hall–Kier alpha value is -3.11. The molecule has 3 fully saturated rings. The first-order valence-corrected chi connectivity index (χ1v) is 12.2. The molecule has 1 atom stereocenters. The minimum absolute atomic E-state index is 0.0531. The molecule has 1 aliphatic carbocycles. The van der Waals surface area contributed by atoms with Crippen LogP contribution in [-0.2, 0) is 15.9 Å². The minimum atomic E-state index is -0.536. The van der Waals surface area contributed by atoms with Gasteiger partial charge < -0.3 is 14.0 Å². The summed E-state index contributed by atoms with van der Waals surface area (Å²) in [6.45, 7) is 4.39. The third-order valence-electron chi connectivity index (χ3n) is 8.00. The highest BCUT2D eigenvalue weighted by atomic mass is 16.7. The summed E-state index contributed by atoms with van der Waals surface area (Å²) < 4.78 is 13.0. The Labute approximate surface area is 195 Å². The van der Waals surface area contributed by atoms with Crippen molar-refractivity contribution in [2.24, 2.45) is 5.92 Å². The van der Waals surface area contributed by atoms with E-state index in [0.717, 1.165) is 59.1 Å². The van der Waals surface area contributed by atoms with Crippen molar-refractivity contribution in [2.75, 3.05) is 26.2 Å². The monoisotopic (exact) mass is 440 g/mol. The predicted molar refractivity (Wildman–Crippen MR) is 128 cm³/mol. The molecule has 3 aromatic carbocycles. The SMILES string of the molecule is O=C(OC1c2ccccc2-c2ccccc21)O[C@H]1C[N+]2(CCc3ccccc3)CCC1CC2. The fourth-order valence-electron chi connectivity index (χ4n) is 6.16. The summed E-state index contributed by atoms with van der Waals surface area (Å²) in [6, 6.07) is 27.0. The van der Waals surface area contributed by atoms with E-state index < -0.39 is 12.3 Å². The minimum Gasteiger partial charge on any atom is -0.425 e. The van der Waals surface area contributed by atoms with Gasteiger partial charge in [-0.1, -0.05) is 78.9 Å². The van der Waals surface area contributed by atoms with E-state index in [1.165, 1.54) is 18.7 Å². The first-order valence-electron chi connectivity index (χ1n) is 12.2. The molecule has 0 radical (unpaired) electrons. The third-order valence-corrected chi connectivity index (χ3v) is 8.00. The highest BCUT2D eigenvalue weighted by Crippen LogP contribution is 2.45. The van der Waals surface area contributed by atoms with E-state index in [1.54, 1.807) is 0 Å². The second-order valence-corrected chi connectivity index (χ2v) is 9.85. The molecule has 168 valence electrons. The molecule has 0 amide bonds. The second kappa shape index (κ2) is 8.35. The van der Waals surface area contributed by atoms with Crippen molar-refractivity contribution in [3.8, 4) is 11.1 Å². The van der Waals surface area contributed by atoms with Crippen LogP contribution in [-0.4, -0.2) is 42.9 Å². The zero-order valence-electron chi connectivity index (χ0n) is 18.9. The summed E-state index contributed by atoms with van der Waals surface area (Å²) in [5, 5.41) is 0. The Morgan fingerprint density at radius 3 is 2.06 bits per heavy atom. The van der Waals surface area contributed by atoms with Crippen LogP contribution >= 0.6 is 0 Å². The van der Waals surface area contributed by atoms with Gasteiger partial charge in [-0.25, -0.2) is 4.79 Å². The summed E-state index contributed by atoms with van der Waals surface area (Å²) >= 11 is 0. The van der Waals surface area contributed by atoms with Gasteiger partial charge in [-0.05, 0) is 16.7 Å². The number of carbonyl (C=O) groups excluding carboxylic acids is 1. The number of hydrogen-bond donors (Lipinski definition) is 0. The van der Waals surface area contributed by atoms with Crippen LogP contribution in [0.4, 0.5) is 4.79 Å². The van der Waals surface area contributed by atoms with Crippen LogP contribution in [0.25, 0.3) is 11.1 Å². The van der Waals surface area contributed by atoms with Gasteiger partial charge in [-0.15, -0.1) is 0 Å². The topological polar surface area (TPSA) is 35.5 Å². The van der Waals surface area contributed by atoms with Gasteiger partial charge >= 0.3 is 6.16 Å². The van der Waals surface area contributed by atoms with Crippen LogP contribution in [0.1, 0.15) is 35.6 Å². The summed E-state index contributed by atoms with van der Waals surface area (Å²) in [6.07, 6.45) is 2.34. The number of carbonyl (C=O) groups is 1. The van der Waals surface area contributed by atoms with Gasteiger partial charge in [-0.3, -0.25) is 0 Å². The molecule has 7 rings (SSSR count). The second-order valence-electron chi connectivity index (χ2n) is 9.85. The lowest BCUT2D eigenvalue weighted by atomic mass is 9.83. The van der Waals surface area contributed by atoms with Crippen molar-refractivity contribution in [2.45, 2.75) is 31.5 Å². The molecule has 3 aromatic rings. The van der Waals surface area contributed by atoms with Gasteiger partial charge in [0.25, 0.3) is 0 Å². The number of fused-ring (bicyclic) bond motifs is 6. The van der Waals surface area contributed by atoms with E-state index in [4.69, 9.17) is 9.47 Å². The Kier molecular flexibility index (Phi) is 5.18. The molecule has 0 aromatic heterocycles. The third kappa shape index (κ3) is 3.83. The molecule has 0 spiro atoms. The van der Waals surface area contributed by atoms with Crippen molar-refractivity contribution in [1.82, 2.24) is 0 Å². The number of ether oxygens (including phenoxy) is 2. The van der Waals surface area contributed by atoms with Gasteiger partial charge in [0.05, 0.1) is 19.6 Å². The van der Waals surface area contributed by atoms with E-state index in [2.05, 4.69) is 42.5 Å². The number of hydrogen-bond acceptors (Lipinski definition) is 3. The summed E-state index contributed by atoms with van der Waals surface area (Å²) in [5.41, 5.74) is 5.73. The van der Waals surface area contributed by atoms with E-state index >= 15 is 0 Å². The Morgan fingerprint density at radius 1 is 0.788 bits per heavy atom. The number of quaternary nitrogens is 1. The summed E-state index contributed by atoms with van der Waals surface area (Å²) in [5.74, 6) is 0.456. The molecule has 2 bridgehead atoms. The lowest BCUT2D eigenvalue weighted by molar-refractivity contribution is -0.946. The van der Waals surface area contributed by atoms with Gasteiger partial charge in [0.15, 0.2) is 12.2 Å². The molecule has 3 saturated heterocycles. The lowest BCUT2D eigenvalue weighted by Crippen LogP contribution is -2.65. The molecule has 33 heavy (non-hydrogen) atoms. The Morgan fingerprint density at radius 2 is 1.39 bits per heavy atom. The molecule has 0 unspecified atom stereocenters. The lowest BCUT2D eigenvalue weighted by Gasteiger charge is -2.52. The summed E-state index contributed by atoms with van der Waals surface area (Å²) in [7, 11) is 0. The number of nitrogens with zero attached hydrogens (tertiary/aromatic N) is 1. The van der Waals surface area contributed by atoms with Crippen molar-refractivity contribution in [3.05, 3.63) is 95.6 Å². The largest absolute Gasteiger partial charge is 0.509 e. The van der Waals surface area contributed by atoms with Crippen molar-refractivity contribution in [1.29, 1.82) is 0 Å². The average molecular weight is 441 g/mol. The van der Waals surface area contributed by atoms with Crippen molar-refractivity contribution < 1.29 is 18.8 Å². The van der Waals surface area contributed by atoms with E-state index in [0.29, 0.717) is 5.92 Å². The van der Waals surface area contributed by atoms with Crippen LogP contribution in [0.5, 0.6) is 0 Å². The van der Waals surface area contributed by atoms with Gasteiger partial charge in [0.1, 0.15) is 6.54 Å². The Balaban J connectivity index is 1.14. The first-order chi connectivity index (χ1) is 16.2. The zero-order chi connectivity index (χ0) is 22.3. The highest BCUT2D eigenvalue weighted by Gasteiger charge is 2.48. The van der Waals surface area contributed by atoms with Crippen LogP contribution in [0.2, 0.25) is 0 Å². The summed E-state index contributed by atoms with van der Waals surface area (Å²) in [4.78, 5) is 13.0. The molecule has 0 saturated carbocycles. The first kappa shape index (κ1) is 20.5. The fourth-order valence-corrected chi connectivity index (χ4v) is 6.16. The molecule has 4 nitrogen and oxygen atoms in total. The molecule has 4 aliphatic rings. The maximum atomic E-state index is 13.0. The standard InChI is InChI=1S/C29H30NO3/c31-29(33-28-25-12-6-4-10-23(25)24-11-5-7-13-26(24)28)32-27-20-30(18-15-22(27)16-19-30)17-14-21-8-2-1-3-9-21/h1-13,22,27-28H,14-20H2/q+1/t22?,27-,30?/m0/s1. The van der Waals surface area contributed by atoms with E-state index in [9.17, 15) is 4.79 Å². The molecule has 4 heteroatoms. The van der Waals surface area contributed by atoms with Crippen molar-refractivity contribution >= 4 is 6.16 Å². The average Bonchev–Trinajstić information content (AvgIpc) is 3.18. The normalized spacial score (nSPS) is 25.3. The zero-order valence-corrected chi connectivity index (χ0v) is 18.9. The van der Waals surface area contributed by atoms with Crippen molar-refractivity contribution in [3.63, 3.8) is 0 Å². The quantitative estimate of drug-likeness (QED) is 0.374. The number of benzene rings is 3. The van der Waals surface area contributed by atoms with E-state index in [1.807, 2.05) is 36.4 Å². The maximum Gasteiger partial charge on any atom is 0.509 e. The van der Waals surface area contributed by atoms with Gasteiger partial charge in [0.2, 0.25) is 0 Å². The number of piperidine rings is 3. The van der Waals surface area contributed by atoms with Gasteiger partial charge in [-0.2, -0.15) is 0 Å². The van der Waals surface area contributed by atoms with Crippen LogP contribution < -0.4 is 0 Å².